The van der Waals surface area contributed by atoms with Crippen molar-refractivity contribution >= 4 is 33.7 Å². The van der Waals surface area contributed by atoms with Crippen LogP contribution in [0.5, 0.6) is 0 Å². The van der Waals surface area contributed by atoms with Crippen LogP contribution in [0.15, 0.2) is 58.1 Å². The molecule has 0 aliphatic heterocycles. The summed E-state index contributed by atoms with van der Waals surface area (Å²) in [5.74, 6) is -0.191. The Morgan fingerprint density at radius 3 is 2.48 bits per heavy atom. The average Bonchev–Trinajstić information content (AvgIpc) is 2.49. The number of carbonyl (C=O) groups is 1. The molecular weight excluding hydrogens is 330 g/mol. The van der Waals surface area contributed by atoms with Crippen molar-refractivity contribution < 1.29 is 4.79 Å². The van der Waals surface area contributed by atoms with E-state index in [1.807, 2.05) is 55.5 Å². The van der Waals surface area contributed by atoms with Gasteiger partial charge in [-0.15, -0.1) is 0 Å². The van der Waals surface area contributed by atoms with Crippen LogP contribution in [0.2, 0.25) is 0 Å². The molecule has 108 valence electrons. The Hall–Kier alpha value is -2.14. The SMILES string of the molecule is Cc1ccc(NCC(=O)NN=Cc2ccc(Br)cc2)cc1. The topological polar surface area (TPSA) is 53.5 Å². The summed E-state index contributed by atoms with van der Waals surface area (Å²) in [5, 5.41) is 6.95. The van der Waals surface area contributed by atoms with Gasteiger partial charge in [-0.05, 0) is 36.8 Å². The fourth-order valence-corrected chi connectivity index (χ4v) is 1.89. The van der Waals surface area contributed by atoms with Crippen molar-refractivity contribution in [3.63, 3.8) is 0 Å². The summed E-state index contributed by atoms with van der Waals surface area (Å²) in [6, 6.07) is 15.5. The Morgan fingerprint density at radius 1 is 1.14 bits per heavy atom. The highest BCUT2D eigenvalue weighted by atomic mass is 79.9. The lowest BCUT2D eigenvalue weighted by molar-refractivity contribution is -0.119. The molecule has 2 rings (SSSR count). The van der Waals surface area contributed by atoms with Crippen LogP contribution < -0.4 is 10.7 Å². The predicted molar refractivity (Wildman–Crippen MR) is 89.5 cm³/mol. The van der Waals surface area contributed by atoms with Crippen LogP contribution in [0.1, 0.15) is 11.1 Å². The van der Waals surface area contributed by atoms with Gasteiger partial charge in [0.05, 0.1) is 12.8 Å². The summed E-state index contributed by atoms with van der Waals surface area (Å²) in [7, 11) is 0. The van der Waals surface area contributed by atoms with Crippen molar-refractivity contribution in [3.05, 3.63) is 64.1 Å². The van der Waals surface area contributed by atoms with Crippen LogP contribution in [0.4, 0.5) is 5.69 Å². The number of amides is 1. The van der Waals surface area contributed by atoms with Crippen LogP contribution in [0.25, 0.3) is 0 Å². The van der Waals surface area contributed by atoms with E-state index in [0.29, 0.717) is 0 Å². The van der Waals surface area contributed by atoms with Crippen LogP contribution in [0.3, 0.4) is 0 Å². The van der Waals surface area contributed by atoms with E-state index in [0.717, 1.165) is 15.7 Å². The van der Waals surface area contributed by atoms with Crippen molar-refractivity contribution in [2.24, 2.45) is 5.10 Å². The summed E-state index contributed by atoms with van der Waals surface area (Å²) in [6.07, 6.45) is 1.61. The molecule has 21 heavy (non-hydrogen) atoms. The number of hydrogen-bond acceptors (Lipinski definition) is 3. The molecule has 2 aromatic carbocycles. The number of aryl methyl sites for hydroxylation is 1. The maximum absolute atomic E-state index is 11.6. The molecular formula is C16H16BrN3O. The van der Waals surface area contributed by atoms with Gasteiger partial charge < -0.3 is 5.32 Å². The third-order valence-electron chi connectivity index (χ3n) is 2.78. The molecule has 0 heterocycles. The lowest BCUT2D eigenvalue weighted by atomic mass is 10.2. The van der Waals surface area contributed by atoms with E-state index < -0.39 is 0 Å². The minimum atomic E-state index is -0.191. The smallest absolute Gasteiger partial charge is 0.259 e. The van der Waals surface area contributed by atoms with Gasteiger partial charge in [-0.1, -0.05) is 45.8 Å². The van der Waals surface area contributed by atoms with E-state index in [-0.39, 0.29) is 12.5 Å². The summed E-state index contributed by atoms with van der Waals surface area (Å²) >= 11 is 3.36. The van der Waals surface area contributed by atoms with Gasteiger partial charge >= 0.3 is 0 Å². The second-order valence-corrected chi connectivity index (χ2v) is 5.48. The molecule has 0 bridgehead atoms. The van der Waals surface area contributed by atoms with Crippen molar-refractivity contribution in [1.82, 2.24) is 5.43 Å². The second kappa shape index (κ2) is 7.59. The minimum Gasteiger partial charge on any atom is -0.376 e. The molecule has 2 aromatic rings. The first-order valence-electron chi connectivity index (χ1n) is 6.51. The zero-order chi connectivity index (χ0) is 15.1. The quantitative estimate of drug-likeness (QED) is 0.645. The Balaban J connectivity index is 1.77. The minimum absolute atomic E-state index is 0.181. The molecule has 0 unspecified atom stereocenters. The summed E-state index contributed by atoms with van der Waals surface area (Å²) < 4.78 is 1.01. The lowest BCUT2D eigenvalue weighted by Gasteiger charge is -2.05. The van der Waals surface area contributed by atoms with Gasteiger partial charge in [0.25, 0.3) is 5.91 Å². The summed E-state index contributed by atoms with van der Waals surface area (Å²) in [5.41, 5.74) is 5.50. The van der Waals surface area contributed by atoms with E-state index in [1.165, 1.54) is 5.56 Å². The highest BCUT2D eigenvalue weighted by Crippen LogP contribution is 2.09. The van der Waals surface area contributed by atoms with Crippen LogP contribution in [0, 0.1) is 6.92 Å². The zero-order valence-electron chi connectivity index (χ0n) is 11.6. The number of hydrogen-bond donors (Lipinski definition) is 2. The molecule has 0 aliphatic carbocycles. The largest absolute Gasteiger partial charge is 0.376 e. The molecule has 0 aliphatic rings. The maximum Gasteiger partial charge on any atom is 0.259 e. The number of carbonyl (C=O) groups excluding carboxylic acids is 1. The molecule has 0 fully saturated rings. The van der Waals surface area contributed by atoms with Gasteiger partial charge in [0.1, 0.15) is 0 Å². The van der Waals surface area contributed by atoms with E-state index in [9.17, 15) is 4.79 Å². The van der Waals surface area contributed by atoms with Crippen molar-refractivity contribution in [3.8, 4) is 0 Å². The zero-order valence-corrected chi connectivity index (χ0v) is 13.2. The van der Waals surface area contributed by atoms with Gasteiger partial charge in [0.15, 0.2) is 0 Å². The first-order chi connectivity index (χ1) is 10.1. The number of hydrazone groups is 1. The fourth-order valence-electron chi connectivity index (χ4n) is 1.62. The summed E-state index contributed by atoms with van der Waals surface area (Å²) in [6.45, 7) is 2.20. The van der Waals surface area contributed by atoms with Gasteiger partial charge in [-0.25, -0.2) is 5.43 Å². The van der Waals surface area contributed by atoms with Crippen molar-refractivity contribution in [2.45, 2.75) is 6.92 Å². The third-order valence-corrected chi connectivity index (χ3v) is 3.31. The Labute approximate surface area is 132 Å². The van der Waals surface area contributed by atoms with Crippen LogP contribution in [-0.4, -0.2) is 18.7 Å². The molecule has 0 spiro atoms. The van der Waals surface area contributed by atoms with Gasteiger partial charge in [0.2, 0.25) is 0 Å². The first-order valence-corrected chi connectivity index (χ1v) is 7.31. The predicted octanol–water partition coefficient (Wildman–Crippen LogP) is 3.32. The Kier molecular flexibility index (Phi) is 5.51. The third kappa shape index (κ3) is 5.39. The first kappa shape index (κ1) is 15.3. The molecule has 2 N–H and O–H groups in total. The van der Waals surface area contributed by atoms with Crippen molar-refractivity contribution in [1.29, 1.82) is 0 Å². The fraction of sp³-hybridized carbons (Fsp3) is 0.125. The van der Waals surface area contributed by atoms with Crippen molar-refractivity contribution in [2.75, 3.05) is 11.9 Å². The molecule has 0 atom stereocenters. The monoisotopic (exact) mass is 345 g/mol. The van der Waals surface area contributed by atoms with Crippen LogP contribution in [-0.2, 0) is 4.79 Å². The Bertz CT molecular complexity index is 621. The molecule has 0 saturated carbocycles. The number of halogens is 1. The molecule has 0 radical (unpaired) electrons. The number of nitrogens with one attached hydrogen (secondary N) is 2. The molecule has 5 heteroatoms. The van der Waals surface area contributed by atoms with E-state index in [1.54, 1.807) is 6.21 Å². The maximum atomic E-state index is 11.6. The summed E-state index contributed by atoms with van der Waals surface area (Å²) in [4.78, 5) is 11.6. The van der Waals surface area contributed by atoms with E-state index in [2.05, 4.69) is 31.8 Å². The Morgan fingerprint density at radius 2 is 1.81 bits per heavy atom. The standard InChI is InChI=1S/C16H16BrN3O/c1-12-2-8-15(9-3-12)18-11-16(21)20-19-10-13-4-6-14(17)7-5-13/h2-10,18H,11H2,1H3,(H,20,21). The molecule has 1 amide bonds. The highest BCUT2D eigenvalue weighted by molar-refractivity contribution is 9.10. The number of anilines is 1. The molecule has 0 saturated heterocycles. The van der Waals surface area contributed by atoms with Gasteiger partial charge in [-0.3, -0.25) is 4.79 Å². The van der Waals surface area contributed by atoms with E-state index >= 15 is 0 Å². The van der Waals surface area contributed by atoms with Gasteiger partial charge in [-0.2, -0.15) is 5.10 Å². The second-order valence-electron chi connectivity index (χ2n) is 4.56. The van der Waals surface area contributed by atoms with Crippen LogP contribution >= 0.6 is 15.9 Å². The molecule has 4 nitrogen and oxygen atoms in total. The number of rotatable bonds is 5. The number of benzene rings is 2. The van der Waals surface area contributed by atoms with Gasteiger partial charge in [0, 0.05) is 10.2 Å². The highest BCUT2D eigenvalue weighted by Gasteiger charge is 1.99. The normalized spacial score (nSPS) is 10.6. The average molecular weight is 346 g/mol. The van der Waals surface area contributed by atoms with E-state index in [4.69, 9.17) is 0 Å². The number of nitrogens with zero attached hydrogens (tertiary/aromatic N) is 1. The molecule has 0 aromatic heterocycles. The lowest BCUT2D eigenvalue weighted by Crippen LogP contribution is -2.25.